The lowest BCUT2D eigenvalue weighted by Crippen LogP contribution is -2.42. The molecule has 2 aliphatic rings. The van der Waals surface area contributed by atoms with Gasteiger partial charge in [0.1, 0.15) is 23.4 Å². The molecule has 27 heavy (non-hydrogen) atoms. The summed E-state index contributed by atoms with van der Waals surface area (Å²) in [7, 11) is 0. The molecule has 4 atom stereocenters. The lowest BCUT2D eigenvalue weighted by molar-refractivity contribution is -0.0231. The molecule has 0 spiro atoms. The highest BCUT2D eigenvalue weighted by molar-refractivity contribution is 5.46. The van der Waals surface area contributed by atoms with Gasteiger partial charge in [-0.2, -0.15) is 0 Å². The number of benzene rings is 1. The van der Waals surface area contributed by atoms with Gasteiger partial charge in [0.2, 0.25) is 0 Å². The molecule has 4 nitrogen and oxygen atoms in total. The van der Waals surface area contributed by atoms with Crippen LogP contribution >= 0.6 is 0 Å². The number of ether oxygens (including phenoxy) is 1. The third-order valence-corrected chi connectivity index (χ3v) is 5.67. The fourth-order valence-electron chi connectivity index (χ4n) is 4.45. The van der Waals surface area contributed by atoms with Crippen LogP contribution in [-0.2, 0) is 0 Å². The molecule has 1 aromatic carbocycles. The number of furan rings is 1. The monoisotopic (exact) mass is 371 g/mol. The minimum Gasteiger partial charge on any atom is -0.488 e. The van der Waals surface area contributed by atoms with Crippen LogP contribution in [0.3, 0.4) is 0 Å². The maximum Gasteiger partial charge on any atom is 0.126 e. The summed E-state index contributed by atoms with van der Waals surface area (Å²) in [4.78, 5) is 2.46. The van der Waals surface area contributed by atoms with Crippen molar-refractivity contribution in [3.05, 3.63) is 59.8 Å². The fraction of sp³-hybridized carbons (Fsp3) is 0.455. The van der Waals surface area contributed by atoms with E-state index in [1.165, 1.54) is 17.7 Å². The van der Waals surface area contributed by atoms with Crippen molar-refractivity contribution in [1.82, 2.24) is 4.90 Å². The number of hydrogen-bond acceptors (Lipinski definition) is 4. The number of hydrogen-bond donors (Lipinski definition) is 1. The van der Waals surface area contributed by atoms with Crippen LogP contribution in [0.1, 0.15) is 25.5 Å². The summed E-state index contributed by atoms with van der Waals surface area (Å²) in [5.41, 5.74) is 1.27. The van der Waals surface area contributed by atoms with Gasteiger partial charge < -0.3 is 14.3 Å². The van der Waals surface area contributed by atoms with Crippen molar-refractivity contribution in [2.75, 3.05) is 19.6 Å². The Hall–Kier alpha value is -2.11. The second kappa shape index (κ2) is 7.87. The van der Waals surface area contributed by atoms with Crippen molar-refractivity contribution in [1.29, 1.82) is 0 Å². The van der Waals surface area contributed by atoms with Gasteiger partial charge in [-0.1, -0.05) is 5.57 Å². The number of likely N-dealkylation sites (tertiary alicyclic amines) is 1. The minimum atomic E-state index is -0.476. The van der Waals surface area contributed by atoms with Crippen LogP contribution in [-0.4, -0.2) is 41.8 Å². The van der Waals surface area contributed by atoms with Gasteiger partial charge in [0, 0.05) is 19.6 Å². The first-order valence-corrected chi connectivity index (χ1v) is 9.60. The summed E-state index contributed by atoms with van der Waals surface area (Å²) in [5, 5.41) is 10.5. The van der Waals surface area contributed by atoms with Gasteiger partial charge in [0.15, 0.2) is 0 Å². The summed E-state index contributed by atoms with van der Waals surface area (Å²) in [6, 6.07) is 9.88. The Bertz CT molecular complexity index is 771. The first kappa shape index (κ1) is 18.3. The Morgan fingerprint density at radius 3 is 2.67 bits per heavy atom. The predicted octanol–water partition coefficient (Wildman–Crippen LogP) is 3.97. The topological polar surface area (TPSA) is 45.8 Å². The van der Waals surface area contributed by atoms with E-state index in [1.807, 2.05) is 12.1 Å². The Labute approximate surface area is 159 Å². The van der Waals surface area contributed by atoms with Gasteiger partial charge in [-0.05, 0) is 74.1 Å². The van der Waals surface area contributed by atoms with E-state index >= 15 is 0 Å². The number of fused-ring (bicyclic) bond motifs is 1. The first-order chi connectivity index (χ1) is 13.1. The Morgan fingerprint density at radius 2 is 1.96 bits per heavy atom. The lowest BCUT2D eigenvalue weighted by atomic mass is 9.78. The molecule has 5 heteroatoms. The summed E-state index contributed by atoms with van der Waals surface area (Å²) in [6.45, 7) is 5.06. The van der Waals surface area contributed by atoms with Gasteiger partial charge in [0.05, 0.1) is 12.4 Å². The lowest BCUT2D eigenvalue weighted by Gasteiger charge is -2.35. The largest absolute Gasteiger partial charge is 0.488 e. The number of rotatable bonds is 5. The van der Waals surface area contributed by atoms with E-state index < -0.39 is 6.10 Å². The maximum absolute atomic E-state index is 13.1. The van der Waals surface area contributed by atoms with Crippen LogP contribution in [0.5, 0.6) is 5.75 Å². The molecule has 4 rings (SSSR count). The van der Waals surface area contributed by atoms with Crippen molar-refractivity contribution in [3.63, 3.8) is 0 Å². The first-order valence-electron chi connectivity index (χ1n) is 9.60. The van der Waals surface area contributed by atoms with Gasteiger partial charge in [-0.3, -0.25) is 4.90 Å². The predicted molar refractivity (Wildman–Crippen MR) is 102 cm³/mol. The van der Waals surface area contributed by atoms with E-state index in [9.17, 15) is 9.50 Å². The van der Waals surface area contributed by atoms with Crippen molar-refractivity contribution in [3.8, 4) is 5.75 Å². The molecule has 1 aliphatic heterocycles. The summed E-state index contributed by atoms with van der Waals surface area (Å²) in [6.07, 6.45) is 4.66. The van der Waals surface area contributed by atoms with Crippen molar-refractivity contribution in [2.45, 2.75) is 32.0 Å². The number of nitrogens with zero attached hydrogens (tertiary/aromatic N) is 1. The Balaban J connectivity index is 1.35. The van der Waals surface area contributed by atoms with Crippen LogP contribution in [0.15, 0.2) is 52.7 Å². The second-order valence-electron chi connectivity index (χ2n) is 7.87. The molecule has 0 radical (unpaired) electrons. The average Bonchev–Trinajstić information content (AvgIpc) is 3.26. The Kier molecular flexibility index (Phi) is 5.32. The van der Waals surface area contributed by atoms with E-state index in [-0.39, 0.29) is 11.9 Å². The molecule has 144 valence electrons. The maximum atomic E-state index is 13.1. The van der Waals surface area contributed by atoms with Gasteiger partial charge in [0.25, 0.3) is 0 Å². The molecule has 1 aromatic heterocycles. The normalized spacial score (nSPS) is 28.9. The molecule has 0 amide bonds. The van der Waals surface area contributed by atoms with Crippen molar-refractivity contribution in [2.24, 2.45) is 11.8 Å². The minimum absolute atomic E-state index is 0.226. The fourth-order valence-corrected chi connectivity index (χ4v) is 4.45. The summed E-state index contributed by atoms with van der Waals surface area (Å²) < 4.78 is 24.4. The summed E-state index contributed by atoms with van der Waals surface area (Å²) in [5.74, 6) is 2.24. The van der Waals surface area contributed by atoms with E-state index in [4.69, 9.17) is 9.15 Å². The van der Waals surface area contributed by atoms with Crippen molar-refractivity contribution < 1.29 is 18.7 Å². The van der Waals surface area contributed by atoms with Crippen LogP contribution in [0.25, 0.3) is 6.08 Å². The standard InChI is InChI=1S/C22H26FNO3/c1-15(9-20-3-2-8-26-20)12-24-13-16-10-21(25)22(11-17(16)14-24)27-19-6-4-18(23)5-7-19/h2-9,16-17,21-22,25H,10-14H2,1H3/b15-9+/t16-,17+,21+,22+/m0/s1. The van der Waals surface area contributed by atoms with Crippen LogP contribution in [0.2, 0.25) is 0 Å². The summed E-state index contributed by atoms with van der Waals surface area (Å²) >= 11 is 0. The average molecular weight is 371 g/mol. The molecule has 2 aromatic rings. The smallest absolute Gasteiger partial charge is 0.126 e. The SMILES string of the molecule is C/C(=C\c1ccco1)CN1C[C@H]2C[C@@H](Oc3ccc(F)cc3)[C@H](O)C[C@H]2C1. The number of aliphatic hydroxyl groups excluding tert-OH is 1. The van der Waals surface area contributed by atoms with Crippen molar-refractivity contribution >= 4 is 6.08 Å². The molecule has 1 N–H and O–H groups in total. The molecule has 0 bridgehead atoms. The third kappa shape index (κ3) is 4.42. The van der Waals surface area contributed by atoms with E-state index in [1.54, 1.807) is 18.4 Å². The third-order valence-electron chi connectivity index (χ3n) is 5.67. The molecular formula is C22H26FNO3. The van der Waals surface area contributed by atoms with Gasteiger partial charge in [-0.25, -0.2) is 4.39 Å². The van der Waals surface area contributed by atoms with E-state index in [2.05, 4.69) is 17.9 Å². The van der Waals surface area contributed by atoms with Crippen LogP contribution in [0, 0.1) is 17.7 Å². The molecule has 1 saturated carbocycles. The zero-order valence-electron chi connectivity index (χ0n) is 15.6. The number of halogens is 1. The molecular weight excluding hydrogens is 345 g/mol. The highest BCUT2D eigenvalue weighted by atomic mass is 19.1. The zero-order chi connectivity index (χ0) is 18.8. The molecule has 2 fully saturated rings. The number of aliphatic hydroxyl groups is 1. The quantitative estimate of drug-likeness (QED) is 0.864. The van der Waals surface area contributed by atoms with Crippen LogP contribution < -0.4 is 4.74 Å². The van der Waals surface area contributed by atoms with Crippen LogP contribution in [0.4, 0.5) is 4.39 Å². The highest BCUT2D eigenvalue weighted by Crippen LogP contribution is 2.38. The molecule has 2 heterocycles. The van der Waals surface area contributed by atoms with Gasteiger partial charge in [-0.15, -0.1) is 0 Å². The highest BCUT2D eigenvalue weighted by Gasteiger charge is 2.42. The van der Waals surface area contributed by atoms with E-state index in [0.29, 0.717) is 17.6 Å². The van der Waals surface area contributed by atoms with E-state index in [0.717, 1.165) is 38.2 Å². The second-order valence-corrected chi connectivity index (χ2v) is 7.87. The Morgan fingerprint density at radius 1 is 1.22 bits per heavy atom. The molecule has 0 unspecified atom stereocenters. The van der Waals surface area contributed by atoms with Gasteiger partial charge >= 0.3 is 0 Å². The molecule has 1 aliphatic carbocycles. The molecule has 1 saturated heterocycles. The zero-order valence-corrected chi connectivity index (χ0v) is 15.6.